The molecule has 0 aliphatic heterocycles. The van der Waals surface area contributed by atoms with E-state index in [1.165, 1.54) is 0 Å². The predicted octanol–water partition coefficient (Wildman–Crippen LogP) is 3.45. The lowest BCUT2D eigenvalue weighted by Crippen LogP contribution is -2.29. The molecule has 0 aromatic rings. The summed E-state index contributed by atoms with van der Waals surface area (Å²) in [7, 11) is -2.47. The van der Waals surface area contributed by atoms with E-state index in [1.807, 2.05) is 13.8 Å². The van der Waals surface area contributed by atoms with Gasteiger partial charge in [0.15, 0.2) is 4.57 Å². The van der Waals surface area contributed by atoms with Crippen LogP contribution < -0.4 is 0 Å². The van der Waals surface area contributed by atoms with Crippen LogP contribution in [0.15, 0.2) is 0 Å². The first-order chi connectivity index (χ1) is 6.66. The van der Waals surface area contributed by atoms with Crippen molar-refractivity contribution in [3.8, 4) is 0 Å². The minimum Gasteiger partial charge on any atom is -0.459 e. The Morgan fingerprint density at radius 3 is 2.00 bits per heavy atom. The molecule has 5 heteroatoms. The van der Waals surface area contributed by atoms with Crippen molar-refractivity contribution < 1.29 is 14.1 Å². The minimum atomic E-state index is -2.47. The van der Waals surface area contributed by atoms with Gasteiger partial charge in [-0.15, -0.1) is 0 Å². The lowest BCUT2D eigenvalue weighted by molar-refractivity contribution is -0.152. The molecule has 0 aliphatic carbocycles. The second kappa shape index (κ2) is 5.49. The lowest BCUT2D eigenvalue weighted by Gasteiger charge is -2.25. The fourth-order valence-electron chi connectivity index (χ4n) is 1.09. The molecular weight excluding hydrogens is 279 g/mol. The van der Waals surface area contributed by atoms with Crippen molar-refractivity contribution in [2.24, 2.45) is 0 Å². The van der Waals surface area contributed by atoms with E-state index < -0.39 is 23.3 Å². The summed E-state index contributed by atoms with van der Waals surface area (Å²) in [6.45, 7) is 9.07. The molecule has 1 unspecified atom stereocenters. The van der Waals surface area contributed by atoms with Crippen LogP contribution in [0.3, 0.4) is 0 Å². The number of carbonyl (C=O) groups excluding carboxylic acids is 1. The molecule has 0 spiro atoms. The van der Waals surface area contributed by atoms with Gasteiger partial charge in [0.05, 0.1) is 0 Å². The summed E-state index contributed by atoms with van der Waals surface area (Å²) in [5, 5.41) is 0. The SMILES string of the molecule is CCP(=O)(CC)C(Br)C(=O)OC(C)(C)C. The molecule has 1 atom stereocenters. The van der Waals surface area contributed by atoms with Crippen molar-refractivity contribution >= 4 is 29.0 Å². The van der Waals surface area contributed by atoms with Crippen LogP contribution in [0.4, 0.5) is 0 Å². The smallest absolute Gasteiger partial charge is 0.327 e. The van der Waals surface area contributed by atoms with Gasteiger partial charge in [0.25, 0.3) is 0 Å². The summed E-state index contributed by atoms with van der Waals surface area (Å²) < 4.78 is 16.8. The van der Waals surface area contributed by atoms with E-state index in [1.54, 1.807) is 20.8 Å². The van der Waals surface area contributed by atoms with Crippen molar-refractivity contribution in [1.82, 2.24) is 0 Å². The maximum Gasteiger partial charge on any atom is 0.327 e. The fraction of sp³-hybridized carbons (Fsp3) is 0.900. The number of alkyl halides is 1. The second-order valence-electron chi connectivity index (χ2n) is 4.45. The first-order valence-corrected chi connectivity index (χ1v) is 8.17. The van der Waals surface area contributed by atoms with E-state index in [-0.39, 0.29) is 0 Å². The van der Waals surface area contributed by atoms with Crippen LogP contribution >= 0.6 is 23.1 Å². The molecule has 0 aliphatic rings. The largest absolute Gasteiger partial charge is 0.459 e. The van der Waals surface area contributed by atoms with Crippen LogP contribution in [-0.4, -0.2) is 28.5 Å². The molecule has 0 radical (unpaired) electrons. The normalized spacial score (nSPS) is 14.8. The van der Waals surface area contributed by atoms with Crippen molar-refractivity contribution in [2.45, 2.75) is 44.8 Å². The first kappa shape index (κ1) is 15.2. The lowest BCUT2D eigenvalue weighted by atomic mass is 10.2. The zero-order valence-corrected chi connectivity index (χ0v) is 12.5. The average Bonchev–Trinajstić information content (AvgIpc) is 2.12. The number of halogens is 1. The summed E-state index contributed by atoms with van der Waals surface area (Å²) in [5.41, 5.74) is -0.532. The van der Waals surface area contributed by atoms with Crippen LogP contribution in [0.25, 0.3) is 0 Å². The molecule has 90 valence electrons. The van der Waals surface area contributed by atoms with Gasteiger partial charge < -0.3 is 9.30 Å². The van der Waals surface area contributed by atoms with Gasteiger partial charge >= 0.3 is 5.97 Å². The van der Waals surface area contributed by atoms with Crippen LogP contribution in [0.5, 0.6) is 0 Å². The molecule has 0 saturated heterocycles. The zero-order chi connectivity index (χ0) is 12.3. The number of hydrogen-bond acceptors (Lipinski definition) is 3. The third kappa shape index (κ3) is 4.69. The Morgan fingerprint density at radius 1 is 1.33 bits per heavy atom. The minimum absolute atomic E-state index is 0.422. The fourth-order valence-corrected chi connectivity index (χ4v) is 4.44. The first-order valence-electron chi connectivity index (χ1n) is 5.11. The van der Waals surface area contributed by atoms with E-state index in [2.05, 4.69) is 15.9 Å². The van der Waals surface area contributed by atoms with Gasteiger partial charge in [0, 0.05) is 0 Å². The number of esters is 1. The molecule has 0 amide bonds. The van der Waals surface area contributed by atoms with E-state index in [4.69, 9.17) is 4.74 Å². The number of ether oxygens (including phenoxy) is 1. The van der Waals surface area contributed by atoms with Gasteiger partial charge in [-0.25, -0.2) is 0 Å². The van der Waals surface area contributed by atoms with Crippen LogP contribution in [0.1, 0.15) is 34.6 Å². The maximum absolute atomic E-state index is 12.2. The topological polar surface area (TPSA) is 43.4 Å². The number of carbonyl (C=O) groups is 1. The van der Waals surface area contributed by atoms with E-state index >= 15 is 0 Å². The average molecular weight is 299 g/mol. The molecule has 3 nitrogen and oxygen atoms in total. The molecule has 0 N–H and O–H groups in total. The molecule has 0 aromatic heterocycles. The molecule has 0 fully saturated rings. The second-order valence-corrected chi connectivity index (χ2v) is 9.76. The van der Waals surface area contributed by atoms with E-state index in [0.717, 1.165) is 0 Å². The Bertz CT molecular complexity index is 262. The molecule has 0 bridgehead atoms. The molecule has 15 heavy (non-hydrogen) atoms. The highest BCUT2D eigenvalue weighted by atomic mass is 79.9. The third-order valence-electron chi connectivity index (χ3n) is 2.08. The van der Waals surface area contributed by atoms with Crippen LogP contribution in [0.2, 0.25) is 0 Å². The molecule has 0 rings (SSSR count). The van der Waals surface area contributed by atoms with Gasteiger partial charge in [-0.1, -0.05) is 29.8 Å². The number of hydrogen-bond donors (Lipinski definition) is 0. The monoisotopic (exact) mass is 298 g/mol. The van der Waals surface area contributed by atoms with Crippen molar-refractivity contribution in [3.63, 3.8) is 0 Å². The van der Waals surface area contributed by atoms with Gasteiger partial charge in [0.1, 0.15) is 12.7 Å². The molecule has 0 aromatic carbocycles. The summed E-state index contributed by atoms with van der Waals surface area (Å²) >= 11 is 3.20. The van der Waals surface area contributed by atoms with Crippen LogP contribution in [0, 0.1) is 0 Å². The standard InChI is InChI=1S/C10H20BrO3P/c1-6-15(13,7-2)8(11)9(12)14-10(3,4)5/h8H,6-7H2,1-5H3. The summed E-state index contributed by atoms with van der Waals surface area (Å²) in [5.74, 6) is -0.422. The predicted molar refractivity (Wildman–Crippen MR) is 67.2 cm³/mol. The van der Waals surface area contributed by atoms with Crippen LogP contribution in [-0.2, 0) is 14.1 Å². The quantitative estimate of drug-likeness (QED) is 0.453. The van der Waals surface area contributed by atoms with Gasteiger partial charge in [0.2, 0.25) is 0 Å². The molecular formula is C10H20BrO3P. The highest BCUT2D eigenvalue weighted by molar-refractivity contribution is 9.11. The van der Waals surface area contributed by atoms with E-state index in [0.29, 0.717) is 12.3 Å². The highest BCUT2D eigenvalue weighted by Gasteiger charge is 2.36. The van der Waals surface area contributed by atoms with Gasteiger partial charge in [-0.05, 0) is 33.1 Å². The van der Waals surface area contributed by atoms with Crippen molar-refractivity contribution in [1.29, 1.82) is 0 Å². The van der Waals surface area contributed by atoms with E-state index in [9.17, 15) is 9.36 Å². The summed E-state index contributed by atoms with van der Waals surface area (Å²) in [4.78, 5) is 11.7. The Morgan fingerprint density at radius 2 is 1.73 bits per heavy atom. The molecule has 0 heterocycles. The Hall–Kier alpha value is 0.180. The number of rotatable bonds is 4. The van der Waals surface area contributed by atoms with Gasteiger partial charge in [-0.2, -0.15) is 0 Å². The third-order valence-corrected chi connectivity index (χ3v) is 7.88. The zero-order valence-electron chi connectivity index (χ0n) is 10.0. The molecule has 0 saturated carbocycles. The Balaban J connectivity index is 4.65. The van der Waals surface area contributed by atoms with Crippen molar-refractivity contribution in [3.05, 3.63) is 0 Å². The van der Waals surface area contributed by atoms with Gasteiger partial charge in [-0.3, -0.25) is 4.79 Å². The van der Waals surface area contributed by atoms with Crippen molar-refractivity contribution in [2.75, 3.05) is 12.3 Å². The maximum atomic E-state index is 12.2. The highest BCUT2D eigenvalue weighted by Crippen LogP contribution is 2.53. The Labute approximate surface area is 100 Å². The summed E-state index contributed by atoms with van der Waals surface area (Å²) in [6, 6.07) is 0. The summed E-state index contributed by atoms with van der Waals surface area (Å²) in [6.07, 6.45) is 1.03. The Kier molecular flexibility index (Phi) is 5.56.